The lowest BCUT2D eigenvalue weighted by Crippen LogP contribution is -2.23. The van der Waals surface area contributed by atoms with Gasteiger partial charge in [-0.25, -0.2) is 4.99 Å². The van der Waals surface area contributed by atoms with E-state index in [4.69, 9.17) is 5.73 Å². The van der Waals surface area contributed by atoms with Gasteiger partial charge in [0.2, 0.25) is 0 Å². The van der Waals surface area contributed by atoms with E-state index in [9.17, 15) is 0 Å². The van der Waals surface area contributed by atoms with Gasteiger partial charge in [-0.05, 0) is 42.0 Å². The standard InChI is InChI=1S/C12H17N3S/c1-2-16-12(13)15-11-4-3-9-5-6-14-8-10(9)7-11/h3-4,7,14H,2,5-6,8H2,1H3,(H2,13,15). The Bertz CT molecular complexity index is 401. The minimum atomic E-state index is 0.645. The molecule has 4 heteroatoms. The van der Waals surface area contributed by atoms with E-state index >= 15 is 0 Å². The molecule has 2 rings (SSSR count). The van der Waals surface area contributed by atoms with Crippen LogP contribution < -0.4 is 11.1 Å². The van der Waals surface area contributed by atoms with Crippen molar-refractivity contribution >= 4 is 22.6 Å². The molecular weight excluding hydrogens is 218 g/mol. The lowest BCUT2D eigenvalue weighted by Gasteiger charge is -2.16. The summed E-state index contributed by atoms with van der Waals surface area (Å²) in [7, 11) is 0. The van der Waals surface area contributed by atoms with Crippen molar-refractivity contribution < 1.29 is 0 Å². The van der Waals surface area contributed by atoms with Gasteiger partial charge < -0.3 is 11.1 Å². The van der Waals surface area contributed by atoms with Crippen LogP contribution in [0.25, 0.3) is 0 Å². The smallest absolute Gasteiger partial charge is 0.159 e. The van der Waals surface area contributed by atoms with Crippen molar-refractivity contribution in [2.45, 2.75) is 19.9 Å². The van der Waals surface area contributed by atoms with E-state index in [2.05, 4.69) is 29.4 Å². The van der Waals surface area contributed by atoms with Crippen LogP contribution in [-0.2, 0) is 13.0 Å². The summed E-state index contributed by atoms with van der Waals surface area (Å²) in [6.45, 7) is 4.09. The predicted octanol–water partition coefficient (Wildman–Crippen LogP) is 2.03. The van der Waals surface area contributed by atoms with Crippen LogP contribution in [0.4, 0.5) is 5.69 Å². The monoisotopic (exact) mass is 235 g/mol. The number of amidine groups is 1. The largest absolute Gasteiger partial charge is 0.378 e. The van der Waals surface area contributed by atoms with Gasteiger partial charge in [0.25, 0.3) is 0 Å². The number of nitrogens with zero attached hydrogens (tertiary/aromatic N) is 1. The summed E-state index contributed by atoms with van der Waals surface area (Å²) >= 11 is 1.58. The third-order valence-electron chi connectivity index (χ3n) is 2.61. The Morgan fingerprint density at radius 2 is 2.38 bits per heavy atom. The third kappa shape index (κ3) is 2.77. The van der Waals surface area contributed by atoms with Gasteiger partial charge in [0, 0.05) is 6.54 Å². The molecule has 0 radical (unpaired) electrons. The first kappa shape index (κ1) is 11.5. The molecule has 0 unspecified atom stereocenters. The molecule has 0 saturated heterocycles. The van der Waals surface area contributed by atoms with E-state index in [1.165, 1.54) is 11.1 Å². The van der Waals surface area contributed by atoms with E-state index in [1.807, 2.05) is 6.07 Å². The van der Waals surface area contributed by atoms with Crippen molar-refractivity contribution in [1.29, 1.82) is 0 Å². The van der Waals surface area contributed by atoms with Crippen molar-refractivity contribution in [2.75, 3.05) is 12.3 Å². The van der Waals surface area contributed by atoms with Crippen molar-refractivity contribution in [1.82, 2.24) is 5.32 Å². The molecule has 0 aliphatic carbocycles. The molecule has 1 aliphatic heterocycles. The van der Waals surface area contributed by atoms with E-state index in [0.717, 1.165) is 31.0 Å². The van der Waals surface area contributed by atoms with E-state index in [1.54, 1.807) is 11.8 Å². The zero-order chi connectivity index (χ0) is 11.4. The van der Waals surface area contributed by atoms with Crippen LogP contribution in [0.1, 0.15) is 18.1 Å². The average molecular weight is 235 g/mol. The number of hydrogen-bond donors (Lipinski definition) is 2. The average Bonchev–Trinajstić information content (AvgIpc) is 2.29. The molecule has 0 amide bonds. The molecule has 0 spiro atoms. The molecule has 1 aromatic rings. The van der Waals surface area contributed by atoms with Gasteiger partial charge in [0.15, 0.2) is 5.17 Å². The normalized spacial score (nSPS) is 15.9. The van der Waals surface area contributed by atoms with Crippen molar-refractivity contribution in [3.8, 4) is 0 Å². The summed E-state index contributed by atoms with van der Waals surface area (Å²) in [5.41, 5.74) is 9.53. The van der Waals surface area contributed by atoms with Crippen LogP contribution in [0.2, 0.25) is 0 Å². The summed E-state index contributed by atoms with van der Waals surface area (Å²) in [5.74, 6) is 0.960. The maximum absolute atomic E-state index is 5.79. The molecule has 3 nitrogen and oxygen atoms in total. The highest BCUT2D eigenvalue weighted by atomic mass is 32.2. The van der Waals surface area contributed by atoms with Gasteiger partial charge in [0.1, 0.15) is 0 Å². The number of thioether (sulfide) groups is 1. The molecule has 1 heterocycles. The number of aliphatic imine (C=N–C) groups is 1. The molecule has 0 atom stereocenters. The SMILES string of the molecule is CCSC(N)=Nc1ccc2c(c1)CNCC2. The van der Waals surface area contributed by atoms with E-state index in [-0.39, 0.29) is 0 Å². The van der Waals surface area contributed by atoms with Crippen LogP contribution in [0.15, 0.2) is 23.2 Å². The van der Waals surface area contributed by atoms with Gasteiger partial charge in [-0.2, -0.15) is 0 Å². The lowest BCUT2D eigenvalue weighted by molar-refractivity contribution is 0.644. The fraction of sp³-hybridized carbons (Fsp3) is 0.417. The molecule has 86 valence electrons. The minimum absolute atomic E-state index is 0.645. The van der Waals surface area contributed by atoms with Crippen LogP contribution in [0, 0.1) is 0 Å². The molecule has 16 heavy (non-hydrogen) atoms. The Labute approximate surface area is 101 Å². The predicted molar refractivity (Wildman–Crippen MR) is 71.3 cm³/mol. The number of benzene rings is 1. The molecular formula is C12H17N3S. The summed E-state index contributed by atoms with van der Waals surface area (Å²) in [5, 5.41) is 4.01. The Morgan fingerprint density at radius 1 is 1.50 bits per heavy atom. The highest BCUT2D eigenvalue weighted by Gasteiger charge is 2.08. The summed E-state index contributed by atoms with van der Waals surface area (Å²) in [6, 6.07) is 6.34. The first-order valence-corrected chi connectivity index (χ1v) is 6.57. The van der Waals surface area contributed by atoms with Gasteiger partial charge in [0.05, 0.1) is 5.69 Å². The summed E-state index contributed by atoms with van der Waals surface area (Å²) in [6.07, 6.45) is 1.11. The zero-order valence-electron chi connectivity index (χ0n) is 9.49. The second kappa shape index (κ2) is 5.37. The number of nitrogens with two attached hydrogens (primary N) is 1. The van der Waals surface area contributed by atoms with Crippen LogP contribution in [0.5, 0.6) is 0 Å². The molecule has 0 fully saturated rings. The molecule has 0 saturated carbocycles. The third-order valence-corrected chi connectivity index (χ3v) is 3.28. The van der Waals surface area contributed by atoms with Crippen LogP contribution in [0.3, 0.4) is 0 Å². The van der Waals surface area contributed by atoms with Crippen LogP contribution >= 0.6 is 11.8 Å². The number of nitrogens with one attached hydrogen (secondary N) is 1. The molecule has 0 bridgehead atoms. The second-order valence-electron chi connectivity index (χ2n) is 3.76. The fourth-order valence-electron chi connectivity index (χ4n) is 1.84. The van der Waals surface area contributed by atoms with Gasteiger partial charge in [-0.15, -0.1) is 0 Å². The molecule has 1 aromatic carbocycles. The minimum Gasteiger partial charge on any atom is -0.378 e. The highest BCUT2D eigenvalue weighted by molar-refractivity contribution is 8.13. The summed E-state index contributed by atoms with van der Waals surface area (Å²) in [4.78, 5) is 4.39. The Balaban J connectivity index is 2.20. The Hall–Kier alpha value is -1.00. The maximum Gasteiger partial charge on any atom is 0.159 e. The van der Waals surface area contributed by atoms with Gasteiger partial charge in [-0.1, -0.05) is 24.8 Å². The first-order valence-electron chi connectivity index (χ1n) is 5.59. The Morgan fingerprint density at radius 3 is 3.19 bits per heavy atom. The number of rotatable bonds is 2. The second-order valence-corrected chi connectivity index (χ2v) is 5.05. The van der Waals surface area contributed by atoms with Gasteiger partial charge >= 0.3 is 0 Å². The quantitative estimate of drug-likeness (QED) is 0.609. The highest BCUT2D eigenvalue weighted by Crippen LogP contribution is 2.21. The number of hydrogen-bond acceptors (Lipinski definition) is 3. The van der Waals surface area contributed by atoms with E-state index in [0.29, 0.717) is 5.17 Å². The fourth-order valence-corrected chi connectivity index (χ4v) is 2.31. The Kier molecular flexibility index (Phi) is 3.85. The van der Waals surface area contributed by atoms with Crippen LogP contribution in [-0.4, -0.2) is 17.5 Å². The topological polar surface area (TPSA) is 50.4 Å². The van der Waals surface area contributed by atoms with Crippen molar-refractivity contribution in [3.63, 3.8) is 0 Å². The maximum atomic E-state index is 5.79. The van der Waals surface area contributed by atoms with Gasteiger partial charge in [-0.3, -0.25) is 0 Å². The molecule has 0 aromatic heterocycles. The van der Waals surface area contributed by atoms with Crippen molar-refractivity contribution in [3.05, 3.63) is 29.3 Å². The van der Waals surface area contributed by atoms with E-state index < -0.39 is 0 Å². The molecule has 3 N–H and O–H groups in total. The van der Waals surface area contributed by atoms with Crippen molar-refractivity contribution in [2.24, 2.45) is 10.7 Å². The first-order chi connectivity index (χ1) is 7.79. The lowest BCUT2D eigenvalue weighted by atomic mass is 10.0. The number of fused-ring (bicyclic) bond motifs is 1. The zero-order valence-corrected chi connectivity index (χ0v) is 10.3. The molecule has 1 aliphatic rings. The summed E-state index contributed by atoms with van der Waals surface area (Å²) < 4.78 is 0.